The highest BCUT2D eigenvalue weighted by Gasteiger charge is 2.35. The number of piperidine rings is 1. The van der Waals surface area contributed by atoms with E-state index in [1.54, 1.807) is 109 Å². The lowest BCUT2D eigenvalue weighted by atomic mass is 9.85. The maximum Gasteiger partial charge on any atom is 0.408 e. The highest BCUT2D eigenvalue weighted by atomic mass is 19.1. The Kier molecular flexibility index (Phi) is 39.9. The first-order valence-electron chi connectivity index (χ1n) is 48.9. The zero-order valence-electron chi connectivity index (χ0n) is 79.5. The van der Waals surface area contributed by atoms with Gasteiger partial charge in [-0.2, -0.15) is 0 Å². The minimum atomic E-state index is -0.596. The van der Waals surface area contributed by atoms with Crippen LogP contribution in [0, 0.1) is 11.7 Å². The summed E-state index contributed by atoms with van der Waals surface area (Å²) < 4.78 is 49.7. The van der Waals surface area contributed by atoms with Crippen molar-refractivity contribution in [3.63, 3.8) is 0 Å². The number of likely N-dealkylation sites (tertiary alicyclic amines) is 1. The summed E-state index contributed by atoms with van der Waals surface area (Å²) in [4.78, 5) is 180. The Morgan fingerprint density at radius 1 is 0.331 bits per heavy atom. The largest absolute Gasteiger partial charge is 0.445 e. The minimum absolute atomic E-state index is 0.0381. The van der Waals surface area contributed by atoms with Crippen molar-refractivity contribution in [3.8, 4) is 22.4 Å². The molecule has 18 rings (SSSR count). The number of rotatable bonds is 29. The number of benzene rings is 8. The number of halogens is 1. The maximum atomic E-state index is 13.7. The molecular formula is C111H121FN8O22. The average Bonchev–Trinajstić information content (AvgIpc) is 0.847. The van der Waals surface area contributed by atoms with Gasteiger partial charge in [0.2, 0.25) is 0 Å². The third-order valence-electron chi connectivity index (χ3n) is 26.2. The van der Waals surface area contributed by atoms with E-state index in [1.165, 1.54) is 37.3 Å². The van der Waals surface area contributed by atoms with E-state index >= 15 is 0 Å². The molecule has 744 valence electrons. The van der Waals surface area contributed by atoms with Crippen molar-refractivity contribution >= 4 is 88.7 Å². The van der Waals surface area contributed by atoms with Crippen LogP contribution in [0.1, 0.15) is 236 Å². The number of carbonyl (C=O) groups is 15. The van der Waals surface area contributed by atoms with Gasteiger partial charge in [0, 0.05) is 117 Å². The molecule has 0 spiro atoms. The van der Waals surface area contributed by atoms with Crippen LogP contribution >= 0.6 is 0 Å². The number of hydrogen-bond donors (Lipinski definition) is 6. The number of pyridine rings is 1. The summed E-state index contributed by atoms with van der Waals surface area (Å²) in [5.74, 6) is 1.48. The zero-order valence-corrected chi connectivity index (χ0v) is 79.5. The molecule has 31 heteroatoms. The molecule has 8 aromatic carbocycles. The summed E-state index contributed by atoms with van der Waals surface area (Å²) in [5, 5.41) is 15.3. The van der Waals surface area contributed by atoms with Gasteiger partial charge < -0.3 is 70.0 Å². The quantitative estimate of drug-likeness (QED) is 0.0187. The fourth-order valence-electron chi connectivity index (χ4n) is 16.4. The topological polar surface area (TPSA) is 409 Å². The molecule has 0 unspecified atom stereocenters. The Morgan fingerprint density at radius 3 is 1.05 bits per heavy atom. The van der Waals surface area contributed by atoms with Crippen LogP contribution in [0.5, 0.6) is 0 Å². The van der Waals surface area contributed by atoms with Gasteiger partial charge in [-0.3, -0.25) is 48.1 Å². The van der Waals surface area contributed by atoms with Gasteiger partial charge in [-0.1, -0.05) is 226 Å². The predicted octanol–water partition coefficient (Wildman–Crippen LogP) is 18.2. The highest BCUT2D eigenvalue weighted by Crippen LogP contribution is 2.31. The van der Waals surface area contributed by atoms with Crippen LogP contribution < -0.4 is 31.9 Å². The summed E-state index contributed by atoms with van der Waals surface area (Å²) in [7, 11) is 0. The second-order valence-corrected chi connectivity index (χ2v) is 36.4. The van der Waals surface area contributed by atoms with Crippen molar-refractivity contribution in [2.75, 3.05) is 26.3 Å². The first-order valence-corrected chi connectivity index (χ1v) is 48.9. The van der Waals surface area contributed by atoms with E-state index in [4.69, 9.17) is 33.2 Å². The number of aromatic nitrogens is 1. The summed E-state index contributed by atoms with van der Waals surface area (Å²) in [6, 6.07) is 64.5. The Bertz CT molecular complexity index is 5800. The monoisotopic (exact) mass is 1940 g/mol. The standard InChI is InChI=1S/C21H21NO4.C20H25NO4.C18H16FNO3.C18H22N2O4.C17H16N2O3.C17H21NO4/c23-19(12-8-15-4-2-1-3-5-15)17-9-6-16(7-10-17)14-26-21(25)22-18-11-13-20(18)24;22-18-11-10-17(18)21-20(24)25-13-15-6-8-16(9-7-15)19(23)12-14-4-2-1-3-5-14;19-15-4-2-1-3-14(15)13-7-5-12(6-8-13)11-23-18(22)20-16-9-10-17(16)21;21-16-9-8-15(16)19-18(23)24-12-13-4-6-14(7-5-13)17(22)20-10-2-1-3-11-20;20-16-9-8-15(16)19-17(21)22-11-12-6-7-14(18-10-12)13-4-2-1-3-5-13;19-16-6-5-15(16)18-17(20)22-11-12-1-3-13(4-2-12)14-7-9-21-10-8-14/h1-7,9-10,18H,8,11-14H2,(H,22,25);6-9,14,17H,1-5,10-13H2,(H,21,24);1-8,16H,9-11H2,(H,20,22);4-7,15H,1-3,8-12H2,(H,19,23);1-7,10,15H,8-9,11H2,(H,19,21);1-4,14-15H,5-11H2,(H,18,20)/t18-;17-;16-;3*15-/m000000/s1. The van der Waals surface area contributed by atoms with Crippen LogP contribution in [0.2, 0.25) is 0 Å². The van der Waals surface area contributed by atoms with Gasteiger partial charge in [0.1, 0.15) is 45.5 Å². The second kappa shape index (κ2) is 54.1. The van der Waals surface area contributed by atoms with Crippen LogP contribution in [0.4, 0.5) is 33.2 Å². The number of carbonyl (C=O) groups excluding carboxylic acids is 15. The van der Waals surface area contributed by atoms with E-state index in [0.29, 0.717) is 125 Å². The van der Waals surface area contributed by atoms with E-state index < -0.39 is 48.6 Å². The normalized spacial score (nSPS) is 18.6. The average molecular weight is 1940 g/mol. The van der Waals surface area contributed by atoms with Crippen LogP contribution in [0.15, 0.2) is 225 Å². The van der Waals surface area contributed by atoms with Gasteiger partial charge in [0.25, 0.3) is 5.91 Å². The van der Waals surface area contributed by atoms with Crippen LogP contribution in [0.3, 0.4) is 0 Å². The first-order chi connectivity index (χ1) is 68.9. The molecule has 3 heterocycles. The molecule has 0 bridgehead atoms. The smallest absolute Gasteiger partial charge is 0.408 e. The molecule has 7 saturated carbocycles. The second-order valence-electron chi connectivity index (χ2n) is 36.4. The molecule has 30 nitrogen and oxygen atoms in total. The van der Waals surface area contributed by atoms with Crippen LogP contribution in [-0.4, -0.2) is 161 Å². The maximum absolute atomic E-state index is 13.7. The Labute approximate surface area is 824 Å². The van der Waals surface area contributed by atoms with Crippen molar-refractivity contribution in [2.24, 2.45) is 5.92 Å². The number of aryl methyl sites for hydroxylation is 1. The number of nitrogens with zero attached hydrogens (tertiary/aromatic N) is 2. The van der Waals surface area contributed by atoms with Gasteiger partial charge in [-0.05, 0) is 158 Å². The molecule has 7 aliphatic carbocycles. The molecule has 1 aromatic heterocycles. The first kappa shape index (κ1) is 105. The lowest BCUT2D eigenvalue weighted by molar-refractivity contribution is -0.127. The van der Waals surface area contributed by atoms with Gasteiger partial charge >= 0.3 is 36.6 Å². The summed E-state index contributed by atoms with van der Waals surface area (Å²) in [5.41, 5.74) is 12.6. The molecule has 2 aliphatic heterocycles. The Morgan fingerprint density at radius 2 is 0.676 bits per heavy atom. The molecule has 6 atom stereocenters. The van der Waals surface area contributed by atoms with Crippen molar-refractivity contribution in [1.82, 2.24) is 41.8 Å². The minimum Gasteiger partial charge on any atom is -0.445 e. The van der Waals surface area contributed by atoms with Gasteiger partial charge in [0.15, 0.2) is 46.3 Å². The number of hydrogen-bond acceptors (Lipinski definition) is 23. The molecule has 9 aliphatic rings. The number of amides is 7. The molecule has 142 heavy (non-hydrogen) atoms. The van der Waals surface area contributed by atoms with Gasteiger partial charge in [0.05, 0.1) is 41.9 Å². The van der Waals surface area contributed by atoms with Crippen molar-refractivity contribution in [3.05, 3.63) is 292 Å². The van der Waals surface area contributed by atoms with Gasteiger partial charge in [-0.25, -0.2) is 33.2 Å². The van der Waals surface area contributed by atoms with Gasteiger partial charge in [-0.15, -0.1) is 0 Å². The number of ketones is 8. The van der Waals surface area contributed by atoms with E-state index in [0.717, 1.165) is 126 Å². The molecule has 2 saturated heterocycles. The number of nitrogens with one attached hydrogen (secondary N) is 6. The summed E-state index contributed by atoms with van der Waals surface area (Å²) >= 11 is 0. The summed E-state index contributed by atoms with van der Waals surface area (Å²) in [6.45, 7) is 4.11. The number of alkyl carbamates (subject to hydrolysis) is 6. The third kappa shape index (κ3) is 33.2. The molecule has 7 amide bonds. The number of ether oxygens (including phenoxy) is 7. The lowest BCUT2D eigenvalue weighted by Crippen LogP contribution is -2.47. The molecule has 9 aromatic rings. The predicted molar refractivity (Wildman–Crippen MR) is 523 cm³/mol. The fraction of sp³-hybridized carbons (Fsp3) is 0.387. The summed E-state index contributed by atoms with van der Waals surface area (Å²) in [6.07, 6.45) is 18.9. The van der Waals surface area contributed by atoms with Crippen LogP contribution in [0.25, 0.3) is 22.4 Å². The molecule has 6 N–H and O–H groups in total. The Balaban J connectivity index is 0.000000143. The molecular weight excluding hydrogens is 1820 g/mol. The molecule has 9 fully saturated rings. The fourth-order valence-corrected chi connectivity index (χ4v) is 16.4. The van der Waals surface area contributed by atoms with E-state index in [1.807, 2.05) is 102 Å². The third-order valence-corrected chi connectivity index (χ3v) is 26.2. The van der Waals surface area contributed by atoms with E-state index in [9.17, 15) is 76.3 Å². The number of Topliss-reactive ketones (excluding diaryl/α,β-unsaturated/α-hetero) is 8. The van der Waals surface area contributed by atoms with Crippen molar-refractivity contribution in [1.29, 1.82) is 0 Å². The highest BCUT2D eigenvalue weighted by molar-refractivity contribution is 5.99. The van der Waals surface area contributed by atoms with Crippen molar-refractivity contribution in [2.45, 2.75) is 242 Å². The molecule has 0 radical (unpaired) electrons. The van der Waals surface area contributed by atoms with E-state index in [2.05, 4.69) is 49.0 Å². The van der Waals surface area contributed by atoms with Crippen LogP contribution in [-0.2, 0) is 108 Å². The SMILES string of the molecule is O=C(N[C@H]1CCC1=O)OCc1ccc(-c2ccccc2)nc1.O=C(N[C@H]1CCC1=O)OCc1ccc(-c2ccccc2F)cc1.O=C(N[C@H]1CCC1=O)OCc1ccc(C(=O)CC2CCCCC2)cc1.O=C(N[C@H]1CCC1=O)OCc1ccc(C(=O)CCc2ccccc2)cc1.O=C(N[C@H]1CCC1=O)OCc1ccc(C(=O)N2CCCCC2)cc1.O=C(N[C@H]1CCC1=O)OCc1ccc(C2CCOCC2)cc1. The lowest BCUT2D eigenvalue weighted by Gasteiger charge is -2.26. The Hall–Kier alpha value is -14.8. The van der Waals surface area contributed by atoms with Crippen molar-refractivity contribution < 1.29 is 109 Å². The zero-order chi connectivity index (χ0) is 99.9. The van der Waals surface area contributed by atoms with E-state index in [-0.39, 0.29) is 122 Å².